The van der Waals surface area contributed by atoms with Crippen LogP contribution in [0.5, 0.6) is 0 Å². The summed E-state index contributed by atoms with van der Waals surface area (Å²) in [5.74, 6) is -4.81. The molecule has 38 nitrogen and oxygen atoms in total. The summed E-state index contributed by atoms with van der Waals surface area (Å²) in [6.07, 6.45) is -9.65. The van der Waals surface area contributed by atoms with Crippen LogP contribution >= 0.6 is 0 Å². The Morgan fingerprint density at radius 1 is 0.400 bits per heavy atom. The van der Waals surface area contributed by atoms with Gasteiger partial charge in [0.1, 0.15) is 85.1 Å². The Labute approximate surface area is 611 Å². The fourth-order valence-electron chi connectivity index (χ4n) is 12.4. The lowest BCUT2D eigenvalue weighted by atomic mass is 9.97. The average molecular weight is 1510 g/mol. The number of rotatable bonds is 52. The first-order valence-electron chi connectivity index (χ1n) is 36.4. The van der Waals surface area contributed by atoms with E-state index in [0.717, 1.165) is 38.5 Å². The van der Waals surface area contributed by atoms with Gasteiger partial charge in [0.2, 0.25) is 53.2 Å². The highest BCUT2D eigenvalue weighted by molar-refractivity contribution is 5.90. The Kier molecular flexibility index (Phi) is 44.5. The van der Waals surface area contributed by atoms with Gasteiger partial charge in [0.25, 0.3) is 0 Å². The predicted octanol–water partition coefficient (Wildman–Crippen LogP) is -6.62. The van der Waals surface area contributed by atoms with Crippen LogP contribution in [0.3, 0.4) is 0 Å². The van der Waals surface area contributed by atoms with E-state index in [1.54, 1.807) is 0 Å². The van der Waals surface area contributed by atoms with E-state index < -0.39 is 178 Å². The van der Waals surface area contributed by atoms with Gasteiger partial charge in [-0.05, 0) is 52.4 Å². The molecule has 105 heavy (non-hydrogen) atoms. The van der Waals surface area contributed by atoms with Crippen LogP contribution in [0, 0.1) is 5.92 Å². The van der Waals surface area contributed by atoms with E-state index in [0.29, 0.717) is 32.1 Å². The van der Waals surface area contributed by atoms with Crippen molar-refractivity contribution < 1.29 is 142 Å². The third-order valence-corrected chi connectivity index (χ3v) is 17.8. The van der Waals surface area contributed by atoms with E-state index in [1.807, 2.05) is 13.8 Å². The van der Waals surface area contributed by atoms with Crippen molar-refractivity contribution in [1.29, 1.82) is 0 Å². The number of hydrogen-bond acceptors (Lipinski definition) is 29. The van der Waals surface area contributed by atoms with Gasteiger partial charge < -0.3 is 146 Å². The lowest BCUT2D eigenvalue weighted by Crippen LogP contribution is -2.64. The molecule has 1 aliphatic carbocycles. The quantitative estimate of drug-likeness (QED) is 0.0252. The molecule has 0 aromatic rings. The van der Waals surface area contributed by atoms with Crippen LogP contribution in [0.25, 0.3) is 0 Å². The van der Waals surface area contributed by atoms with Gasteiger partial charge in [0, 0.05) is 84.7 Å². The molecule has 3 saturated heterocycles. The maximum atomic E-state index is 13.8. The molecule has 17 unspecified atom stereocenters. The monoisotopic (exact) mass is 1510 g/mol. The van der Waals surface area contributed by atoms with E-state index in [-0.39, 0.29) is 141 Å². The molecule has 0 bridgehead atoms. The SMILES string of the molecule is CC(=O)NC1C(OCCOCCNC(=O)CCC(NC(=O)CCC(NC(=O)CCCCCCCCCCC(=O)N[C@H]2C[C@H](CO)[C@@H](OC(C)C)C2)C(=O)NCCOCCOC2OC(CO)C(O)C(O)C2NC(C)=O)C(=O)NCCOCCOC2OC(CO)C(O)C(O)C2NC(C)=O)OC(CO)C(O)C1O. The number of aliphatic hydroxyl groups excluding tert-OH is 10. The Morgan fingerprint density at radius 3 is 1.11 bits per heavy atom. The zero-order chi connectivity index (χ0) is 77.4. The Morgan fingerprint density at radius 2 is 0.752 bits per heavy atom. The van der Waals surface area contributed by atoms with Crippen LogP contribution in [-0.4, -0.2) is 332 Å². The topological polar surface area (TPSA) is 556 Å². The number of amides is 9. The molecule has 1 saturated carbocycles. The van der Waals surface area contributed by atoms with Crippen molar-refractivity contribution in [2.75, 3.05) is 106 Å². The maximum Gasteiger partial charge on any atom is 0.242 e. The Bertz CT molecular complexity index is 2570. The summed E-state index contributed by atoms with van der Waals surface area (Å²) < 4.78 is 56.4. The molecule has 0 spiro atoms. The molecule has 3 aliphatic heterocycles. The third-order valence-electron chi connectivity index (χ3n) is 17.8. The molecule has 4 aliphatic rings. The van der Waals surface area contributed by atoms with Gasteiger partial charge in [-0.1, -0.05) is 38.5 Å². The van der Waals surface area contributed by atoms with Crippen molar-refractivity contribution in [3.63, 3.8) is 0 Å². The highest BCUT2D eigenvalue weighted by Gasteiger charge is 2.48. The summed E-state index contributed by atoms with van der Waals surface area (Å²) in [5.41, 5.74) is 0. The molecular weight excluding hydrogens is 1390 g/mol. The van der Waals surface area contributed by atoms with Crippen molar-refractivity contribution in [2.45, 2.75) is 260 Å². The Hall–Kier alpha value is -5.57. The maximum absolute atomic E-state index is 13.8. The minimum absolute atomic E-state index is 0.00727. The van der Waals surface area contributed by atoms with Gasteiger partial charge in [-0.25, -0.2) is 0 Å². The number of carbonyl (C=O) groups excluding carboxylic acids is 9. The fraction of sp³-hybridized carbons (Fsp3) is 0.866. The van der Waals surface area contributed by atoms with Crippen LogP contribution in [0.2, 0.25) is 0 Å². The first-order chi connectivity index (χ1) is 50.2. The minimum Gasteiger partial charge on any atom is -0.396 e. The van der Waals surface area contributed by atoms with E-state index in [9.17, 15) is 94.2 Å². The molecule has 20 atom stereocenters. The predicted molar refractivity (Wildman–Crippen MR) is 366 cm³/mol. The number of carbonyl (C=O) groups is 9. The highest BCUT2D eigenvalue weighted by Crippen LogP contribution is 2.30. The second-order valence-corrected chi connectivity index (χ2v) is 26.7. The number of unbranched alkanes of at least 4 members (excludes halogenated alkanes) is 7. The summed E-state index contributed by atoms with van der Waals surface area (Å²) in [6.45, 7) is 4.36. The largest absolute Gasteiger partial charge is 0.396 e. The van der Waals surface area contributed by atoms with Crippen molar-refractivity contribution in [3.8, 4) is 0 Å². The molecule has 606 valence electrons. The summed E-state index contributed by atoms with van der Waals surface area (Å²) in [4.78, 5) is 116. The van der Waals surface area contributed by atoms with Gasteiger partial charge >= 0.3 is 0 Å². The minimum atomic E-state index is -1.54. The molecule has 0 radical (unpaired) electrons. The van der Waals surface area contributed by atoms with Gasteiger partial charge in [0.05, 0.1) is 91.5 Å². The van der Waals surface area contributed by atoms with Crippen molar-refractivity contribution >= 4 is 53.2 Å². The van der Waals surface area contributed by atoms with E-state index in [1.165, 1.54) is 20.8 Å². The smallest absolute Gasteiger partial charge is 0.242 e. The van der Waals surface area contributed by atoms with E-state index >= 15 is 0 Å². The van der Waals surface area contributed by atoms with Gasteiger partial charge in [-0.3, -0.25) is 43.2 Å². The summed E-state index contributed by atoms with van der Waals surface area (Å²) >= 11 is 0. The lowest BCUT2D eigenvalue weighted by molar-refractivity contribution is -0.272. The first-order valence-corrected chi connectivity index (χ1v) is 36.4. The molecule has 0 aromatic carbocycles. The lowest BCUT2D eigenvalue weighted by Gasteiger charge is -2.42. The number of nitrogens with one attached hydrogen (secondary N) is 9. The van der Waals surface area contributed by atoms with E-state index in [2.05, 4.69) is 47.9 Å². The molecule has 3 heterocycles. The normalized spacial score (nSPS) is 28.0. The van der Waals surface area contributed by atoms with Crippen LogP contribution in [-0.2, 0) is 90.5 Å². The molecule has 4 rings (SSSR count). The number of hydrogen-bond donors (Lipinski definition) is 19. The van der Waals surface area contributed by atoms with Gasteiger partial charge in [-0.15, -0.1) is 0 Å². The number of aliphatic hydroxyl groups is 10. The summed E-state index contributed by atoms with van der Waals surface area (Å²) in [7, 11) is 0. The van der Waals surface area contributed by atoms with Crippen molar-refractivity contribution in [2.24, 2.45) is 5.92 Å². The molecule has 19 N–H and O–H groups in total. The van der Waals surface area contributed by atoms with Crippen LogP contribution in [0.1, 0.15) is 137 Å². The van der Waals surface area contributed by atoms with Crippen molar-refractivity contribution in [1.82, 2.24) is 47.9 Å². The summed E-state index contributed by atoms with van der Waals surface area (Å²) in [5, 5.41) is 125. The second kappa shape index (κ2) is 50.9. The Balaban J connectivity index is 1.32. The number of ether oxygens (including phenoxy) is 10. The van der Waals surface area contributed by atoms with Gasteiger partial charge in [0.15, 0.2) is 18.9 Å². The molecule has 4 fully saturated rings. The van der Waals surface area contributed by atoms with Crippen LogP contribution in [0.15, 0.2) is 0 Å². The van der Waals surface area contributed by atoms with Crippen LogP contribution < -0.4 is 47.9 Å². The van der Waals surface area contributed by atoms with Crippen LogP contribution in [0.4, 0.5) is 0 Å². The average Bonchev–Trinajstić information content (AvgIpc) is 1.55. The first kappa shape index (κ1) is 91.8. The molecule has 9 amide bonds. The molecule has 38 heteroatoms. The van der Waals surface area contributed by atoms with Gasteiger partial charge in [-0.2, -0.15) is 0 Å². The fourth-order valence-corrected chi connectivity index (χ4v) is 12.4. The highest BCUT2D eigenvalue weighted by atomic mass is 16.7. The second-order valence-electron chi connectivity index (χ2n) is 26.7. The zero-order valence-corrected chi connectivity index (χ0v) is 61.0. The van der Waals surface area contributed by atoms with Crippen molar-refractivity contribution in [3.05, 3.63) is 0 Å². The standard InChI is InChI=1S/C67H119N9O29/c1-38(2)102-46-33-43(32-42(46)34-77)74-51(85)14-12-10-8-6-7-9-11-13-15-52(86)75-45(64(95)70-22-25-98-28-31-101-67-56(73-41(5)83)62(93)59(90)49(37-80)105-67)17-19-53(87)76-44(63(94)69-21-24-97-27-30-100-66-55(72-40(4)82)61(92)58(89)48(36-79)104-66)16-18-50(84)68-20-23-96-26-29-99-65-54(71-39(3)81)60(91)57(88)47(35-78)103-65/h38,42-49,54-62,65-67,77-80,88-93H,6-37H2,1-5H3,(H,68,84)(H,69,94)(H,70,95)(H,71,81)(H,72,82)(H,73,83)(H,74,85)(H,75,86)(H,76,87)/t42-,43+,44?,45?,46+,47?,48?,49?,54?,55?,56?,57?,58?,59?,60?,61?,62?,65?,66?,67?/m1/s1. The summed E-state index contributed by atoms with van der Waals surface area (Å²) in [6, 6.07) is -6.18. The zero-order valence-electron chi connectivity index (χ0n) is 61.0. The molecule has 0 aromatic heterocycles. The third kappa shape index (κ3) is 34.3. The molecular formula is C67H119N9O29. The van der Waals surface area contributed by atoms with E-state index in [4.69, 9.17) is 47.4 Å².